The van der Waals surface area contributed by atoms with Gasteiger partial charge in [-0.05, 0) is 24.4 Å². The van der Waals surface area contributed by atoms with Crippen molar-refractivity contribution in [2.75, 3.05) is 0 Å². The number of allylic oxidation sites excluding steroid dienone is 1. The van der Waals surface area contributed by atoms with Gasteiger partial charge in [0.2, 0.25) is 0 Å². The van der Waals surface area contributed by atoms with Crippen LogP contribution in [-0.4, -0.2) is 16.1 Å². The summed E-state index contributed by atoms with van der Waals surface area (Å²) in [6, 6.07) is 0. The quantitative estimate of drug-likeness (QED) is 0.586. The first kappa shape index (κ1) is 11.5. The van der Waals surface area contributed by atoms with E-state index in [1.165, 1.54) is 0 Å². The number of nitrogens with one attached hydrogen (secondary N) is 1. The van der Waals surface area contributed by atoms with E-state index in [9.17, 15) is 19.4 Å². The van der Waals surface area contributed by atoms with Gasteiger partial charge in [0, 0.05) is 0 Å². The molecule has 0 saturated carbocycles. The molecule has 1 N–H and O–H groups in total. The average Bonchev–Trinajstić information content (AvgIpc) is 2.38. The third kappa shape index (κ3) is 2.09. The first-order valence-corrected chi connectivity index (χ1v) is 6.41. The van der Waals surface area contributed by atoms with Crippen LogP contribution in [0.15, 0.2) is 28.9 Å². The van der Waals surface area contributed by atoms with Crippen molar-refractivity contribution in [2.45, 2.75) is 5.25 Å². The number of rotatable bonds is 1. The fourth-order valence-corrected chi connectivity index (χ4v) is 2.29. The van der Waals surface area contributed by atoms with E-state index in [0.717, 1.165) is 6.08 Å². The van der Waals surface area contributed by atoms with Crippen molar-refractivity contribution >= 4 is 33.3 Å². The first-order valence-electron chi connectivity index (χ1n) is 3.99. The van der Waals surface area contributed by atoms with E-state index in [-0.39, 0.29) is 16.5 Å². The largest absolute Gasteiger partial charge is 0.329 e. The molecule has 16 heavy (non-hydrogen) atoms. The lowest BCUT2D eigenvalue weighted by atomic mass is 10.1. The van der Waals surface area contributed by atoms with Crippen molar-refractivity contribution in [1.82, 2.24) is 5.32 Å². The van der Waals surface area contributed by atoms with Crippen molar-refractivity contribution in [3.8, 4) is 0 Å². The maximum Gasteiger partial charge on any atom is 0.294 e. The molecule has 1 aliphatic carbocycles. The van der Waals surface area contributed by atoms with Gasteiger partial charge >= 0.3 is 0 Å². The predicted octanol–water partition coefficient (Wildman–Crippen LogP) is 3.44. The number of thiocarbonyl (C=S) groups is 1. The van der Waals surface area contributed by atoms with Crippen molar-refractivity contribution < 1.29 is 19.4 Å². The number of aliphatic imine (C=N–C) groups is 1. The molecular formula is C7H5F5N2S2. The molecule has 0 bridgehead atoms. The van der Waals surface area contributed by atoms with E-state index in [2.05, 4.69) is 22.5 Å². The molecule has 1 aliphatic heterocycles. The second-order valence-electron chi connectivity index (χ2n) is 3.36. The van der Waals surface area contributed by atoms with Crippen LogP contribution in [0.4, 0.5) is 19.4 Å². The Morgan fingerprint density at radius 2 is 1.88 bits per heavy atom. The molecule has 1 atom stereocenters. The highest BCUT2D eigenvalue weighted by atomic mass is 32.5. The summed E-state index contributed by atoms with van der Waals surface area (Å²) in [5.74, 6) is 0. The molecular weight excluding hydrogens is 271 g/mol. The molecule has 0 saturated heterocycles. The van der Waals surface area contributed by atoms with Crippen molar-refractivity contribution in [3.63, 3.8) is 0 Å². The number of halogens is 5. The fourth-order valence-electron chi connectivity index (χ4n) is 1.31. The van der Waals surface area contributed by atoms with Crippen LogP contribution in [0.25, 0.3) is 0 Å². The van der Waals surface area contributed by atoms with Crippen LogP contribution in [0.2, 0.25) is 0 Å². The zero-order valence-electron chi connectivity index (χ0n) is 7.46. The van der Waals surface area contributed by atoms with Crippen molar-refractivity contribution in [2.24, 2.45) is 4.99 Å². The molecule has 2 rings (SSSR count). The molecule has 0 fully saturated rings. The Balaban J connectivity index is 2.44. The number of hydrogen-bond acceptors (Lipinski definition) is 1. The molecule has 0 radical (unpaired) electrons. The topological polar surface area (TPSA) is 24.4 Å². The van der Waals surface area contributed by atoms with Gasteiger partial charge in [-0.2, -0.15) is 0 Å². The van der Waals surface area contributed by atoms with Crippen LogP contribution in [0.5, 0.6) is 0 Å². The van der Waals surface area contributed by atoms with E-state index in [0.29, 0.717) is 12.2 Å². The lowest BCUT2D eigenvalue weighted by Crippen LogP contribution is -2.27. The Kier molecular flexibility index (Phi) is 1.78. The highest BCUT2D eigenvalue weighted by Gasteiger charge is 2.68. The molecule has 2 aliphatic rings. The number of nitrogens with zero attached hydrogens (tertiary/aromatic N) is 1. The zero-order valence-corrected chi connectivity index (χ0v) is 9.10. The minimum absolute atomic E-state index is 0.0336. The summed E-state index contributed by atoms with van der Waals surface area (Å²) >= 11 is 4.59. The van der Waals surface area contributed by atoms with Gasteiger partial charge in [0.05, 0.1) is 11.4 Å². The maximum absolute atomic E-state index is 12.5. The normalized spacial score (nSPS) is 28.6. The van der Waals surface area contributed by atoms with Gasteiger partial charge in [0.25, 0.3) is 10.2 Å². The van der Waals surface area contributed by atoms with Crippen molar-refractivity contribution in [1.29, 1.82) is 0 Å². The minimum Gasteiger partial charge on any atom is -0.329 e. The van der Waals surface area contributed by atoms with Crippen LogP contribution in [-0.2, 0) is 0 Å². The monoisotopic (exact) mass is 276 g/mol. The summed E-state index contributed by atoms with van der Waals surface area (Å²) in [7, 11) is -9.54. The standard InChI is InChI=1S/C7H5F5N2S2/c8-16(9,10,11,12)4-1-2-5-6(3-4)14-7(15)13-5/h1-4H,(H,14,15). The Bertz CT molecular complexity index is 472. The molecule has 9 heteroatoms. The van der Waals surface area contributed by atoms with Crippen molar-refractivity contribution in [3.05, 3.63) is 23.9 Å². The lowest BCUT2D eigenvalue weighted by molar-refractivity contribution is 0.360. The Morgan fingerprint density at radius 1 is 1.25 bits per heavy atom. The van der Waals surface area contributed by atoms with Gasteiger partial charge in [0.1, 0.15) is 5.25 Å². The number of fused-ring (bicyclic) bond motifs is 1. The van der Waals surface area contributed by atoms with Gasteiger partial charge in [-0.15, -0.1) is 0 Å². The molecule has 0 amide bonds. The average molecular weight is 276 g/mol. The second kappa shape index (κ2) is 2.48. The molecule has 1 heterocycles. The molecule has 90 valence electrons. The second-order valence-corrected chi connectivity index (χ2v) is 6.35. The van der Waals surface area contributed by atoms with E-state index in [4.69, 9.17) is 0 Å². The Morgan fingerprint density at radius 3 is 2.44 bits per heavy atom. The SMILES string of the molecule is FS(F)(F)(F)(F)C1C=CC2=NC(=S)NC2=C1. The van der Waals surface area contributed by atoms with Gasteiger partial charge in [-0.3, -0.25) is 0 Å². The summed E-state index contributed by atoms with van der Waals surface area (Å²) in [6.45, 7) is 0. The lowest BCUT2D eigenvalue weighted by Gasteiger charge is -2.45. The molecule has 2 nitrogen and oxygen atoms in total. The van der Waals surface area contributed by atoms with Crippen LogP contribution in [0, 0.1) is 0 Å². The molecule has 1 unspecified atom stereocenters. The van der Waals surface area contributed by atoms with E-state index in [1.54, 1.807) is 0 Å². The van der Waals surface area contributed by atoms with Gasteiger partial charge < -0.3 is 5.32 Å². The Labute approximate surface area is 92.6 Å². The molecule has 0 spiro atoms. The molecule has 0 aromatic heterocycles. The summed E-state index contributed by atoms with van der Waals surface area (Å²) in [5.41, 5.74) is 0.0221. The highest BCUT2D eigenvalue weighted by Crippen LogP contribution is 3.00. The summed E-state index contributed by atoms with van der Waals surface area (Å²) in [4.78, 5) is 3.66. The van der Waals surface area contributed by atoms with Crippen LogP contribution >= 0.6 is 22.4 Å². The van der Waals surface area contributed by atoms with E-state index in [1.807, 2.05) is 0 Å². The fraction of sp³-hybridized carbons (Fsp3) is 0.143. The summed E-state index contributed by atoms with van der Waals surface area (Å²) in [5, 5.41) is -0.591. The zero-order chi connectivity index (χ0) is 12.3. The van der Waals surface area contributed by atoms with E-state index >= 15 is 0 Å². The maximum atomic E-state index is 12.5. The van der Waals surface area contributed by atoms with Gasteiger partial charge in [-0.1, -0.05) is 25.5 Å². The molecule has 0 aromatic carbocycles. The van der Waals surface area contributed by atoms with Crippen LogP contribution < -0.4 is 5.32 Å². The van der Waals surface area contributed by atoms with Gasteiger partial charge in [-0.25, -0.2) is 4.99 Å². The Hall–Kier alpha value is -0.960. The number of hydrogen-bond donors (Lipinski definition) is 1. The third-order valence-electron chi connectivity index (χ3n) is 2.03. The third-order valence-corrected chi connectivity index (χ3v) is 3.54. The minimum atomic E-state index is -9.54. The summed E-state index contributed by atoms with van der Waals surface area (Å²) < 4.78 is 62.3. The van der Waals surface area contributed by atoms with E-state index < -0.39 is 15.5 Å². The molecule has 0 aromatic rings. The first-order chi connectivity index (χ1) is 6.95. The van der Waals surface area contributed by atoms with Gasteiger partial charge in [0.15, 0.2) is 5.11 Å². The smallest absolute Gasteiger partial charge is 0.294 e. The highest BCUT2D eigenvalue weighted by molar-refractivity contribution is 8.46. The summed E-state index contributed by atoms with van der Waals surface area (Å²) in [6.07, 6.45) is 1.68. The predicted molar refractivity (Wildman–Crippen MR) is 57.3 cm³/mol. The van der Waals surface area contributed by atoms with Crippen LogP contribution in [0.1, 0.15) is 0 Å². The van der Waals surface area contributed by atoms with Crippen LogP contribution in [0.3, 0.4) is 0 Å².